The first-order chi connectivity index (χ1) is 9.61. The number of halogens is 2. The Balaban J connectivity index is 2.22. The molecule has 0 aliphatic heterocycles. The van der Waals surface area contributed by atoms with E-state index in [4.69, 9.17) is 16.3 Å². The van der Waals surface area contributed by atoms with Gasteiger partial charge in [-0.15, -0.1) is 0 Å². The van der Waals surface area contributed by atoms with E-state index in [0.29, 0.717) is 16.3 Å². The van der Waals surface area contributed by atoms with E-state index in [-0.39, 0.29) is 5.56 Å². The lowest BCUT2D eigenvalue weighted by Gasteiger charge is -2.02. The molecule has 0 bridgehead atoms. The molecule has 0 amide bonds. The van der Waals surface area contributed by atoms with E-state index < -0.39 is 11.6 Å². The third-order valence-electron chi connectivity index (χ3n) is 2.76. The molecule has 102 valence electrons. The first-order valence-corrected chi connectivity index (χ1v) is 6.30. The predicted molar refractivity (Wildman–Crippen MR) is 77.8 cm³/mol. The van der Waals surface area contributed by atoms with Gasteiger partial charge < -0.3 is 4.74 Å². The van der Waals surface area contributed by atoms with Crippen LogP contribution in [0.2, 0.25) is 5.02 Å². The van der Waals surface area contributed by atoms with E-state index >= 15 is 0 Å². The Hall–Kier alpha value is -2.13. The Morgan fingerprint density at radius 1 is 1.25 bits per heavy atom. The van der Waals surface area contributed by atoms with Crippen LogP contribution in [0.25, 0.3) is 6.08 Å². The number of carbonyl (C=O) groups is 1. The SMILES string of the molecule is COc1ccc(C(=O)/C=C/c2ccccc2Cl)c(F)c1. The molecule has 2 aromatic rings. The van der Waals surface area contributed by atoms with Gasteiger partial charge in [0.25, 0.3) is 0 Å². The molecule has 2 rings (SSSR count). The minimum atomic E-state index is -0.613. The smallest absolute Gasteiger partial charge is 0.188 e. The van der Waals surface area contributed by atoms with Crippen LogP contribution < -0.4 is 4.74 Å². The zero-order chi connectivity index (χ0) is 14.5. The maximum Gasteiger partial charge on any atom is 0.188 e. The fourth-order valence-corrected chi connectivity index (χ4v) is 1.89. The van der Waals surface area contributed by atoms with Crippen LogP contribution in [0.5, 0.6) is 5.75 Å². The van der Waals surface area contributed by atoms with Crippen LogP contribution in [0, 0.1) is 5.82 Å². The number of ketones is 1. The molecule has 2 nitrogen and oxygen atoms in total. The summed E-state index contributed by atoms with van der Waals surface area (Å²) in [5.41, 5.74) is 0.700. The summed E-state index contributed by atoms with van der Waals surface area (Å²) in [6.45, 7) is 0. The summed E-state index contributed by atoms with van der Waals surface area (Å²) in [5, 5.41) is 0.534. The molecule has 0 heterocycles. The van der Waals surface area contributed by atoms with Crippen LogP contribution in [0.3, 0.4) is 0 Å². The number of methoxy groups -OCH3 is 1. The van der Waals surface area contributed by atoms with Crippen molar-refractivity contribution in [3.63, 3.8) is 0 Å². The minimum absolute atomic E-state index is 0.00546. The molecular formula is C16H12ClFO2. The number of ether oxygens (including phenoxy) is 1. The van der Waals surface area contributed by atoms with Gasteiger partial charge in [-0.3, -0.25) is 4.79 Å². The molecule has 0 unspecified atom stereocenters. The highest BCUT2D eigenvalue weighted by atomic mass is 35.5. The number of carbonyl (C=O) groups excluding carboxylic acids is 1. The Bertz CT molecular complexity index is 665. The normalized spacial score (nSPS) is 10.8. The molecule has 0 aliphatic rings. The molecule has 0 fully saturated rings. The van der Waals surface area contributed by atoms with Gasteiger partial charge in [0.15, 0.2) is 5.78 Å². The van der Waals surface area contributed by atoms with Crippen molar-refractivity contribution in [3.05, 3.63) is 70.5 Å². The highest BCUT2D eigenvalue weighted by Crippen LogP contribution is 2.19. The second kappa shape index (κ2) is 6.35. The lowest BCUT2D eigenvalue weighted by atomic mass is 10.1. The molecule has 0 saturated carbocycles. The monoisotopic (exact) mass is 290 g/mol. The maximum absolute atomic E-state index is 13.7. The fraction of sp³-hybridized carbons (Fsp3) is 0.0625. The van der Waals surface area contributed by atoms with Gasteiger partial charge in [0.2, 0.25) is 0 Å². The number of benzene rings is 2. The maximum atomic E-state index is 13.7. The summed E-state index contributed by atoms with van der Waals surface area (Å²) in [7, 11) is 1.44. The summed E-state index contributed by atoms with van der Waals surface area (Å²) < 4.78 is 18.6. The minimum Gasteiger partial charge on any atom is -0.497 e. The number of rotatable bonds is 4. The second-order valence-electron chi connectivity index (χ2n) is 4.06. The van der Waals surface area contributed by atoms with Gasteiger partial charge in [-0.2, -0.15) is 0 Å². The lowest BCUT2D eigenvalue weighted by molar-refractivity contribution is 0.104. The first-order valence-electron chi connectivity index (χ1n) is 5.92. The molecule has 0 spiro atoms. The number of allylic oxidation sites excluding steroid dienone is 1. The average molecular weight is 291 g/mol. The van der Waals surface area contributed by atoms with E-state index in [9.17, 15) is 9.18 Å². The first kappa shape index (κ1) is 14.3. The lowest BCUT2D eigenvalue weighted by Crippen LogP contribution is -1.99. The van der Waals surface area contributed by atoms with E-state index in [1.165, 1.54) is 25.3 Å². The predicted octanol–water partition coefficient (Wildman–Crippen LogP) is 4.38. The van der Waals surface area contributed by atoms with Crippen molar-refractivity contribution in [2.24, 2.45) is 0 Å². The Morgan fingerprint density at radius 2 is 2.00 bits per heavy atom. The van der Waals surface area contributed by atoms with Crippen LogP contribution >= 0.6 is 11.6 Å². The molecular weight excluding hydrogens is 279 g/mol. The highest BCUT2D eigenvalue weighted by molar-refractivity contribution is 6.32. The molecule has 4 heteroatoms. The topological polar surface area (TPSA) is 26.3 Å². The van der Waals surface area contributed by atoms with Crippen LogP contribution in [0.1, 0.15) is 15.9 Å². The summed E-state index contributed by atoms with van der Waals surface area (Å²) in [6.07, 6.45) is 2.86. The molecule has 0 atom stereocenters. The van der Waals surface area contributed by atoms with Crippen molar-refractivity contribution in [2.45, 2.75) is 0 Å². The zero-order valence-corrected chi connectivity index (χ0v) is 11.5. The zero-order valence-electron chi connectivity index (χ0n) is 10.8. The van der Waals surface area contributed by atoms with Crippen LogP contribution in [-0.2, 0) is 0 Å². The molecule has 0 radical (unpaired) electrons. The van der Waals surface area contributed by atoms with Gasteiger partial charge in [-0.05, 0) is 35.9 Å². The van der Waals surface area contributed by atoms with Gasteiger partial charge in [0.1, 0.15) is 11.6 Å². The van der Waals surface area contributed by atoms with Gasteiger partial charge in [0, 0.05) is 11.1 Å². The van der Waals surface area contributed by atoms with Crippen molar-refractivity contribution >= 4 is 23.5 Å². The highest BCUT2D eigenvalue weighted by Gasteiger charge is 2.10. The van der Waals surface area contributed by atoms with Crippen molar-refractivity contribution in [1.82, 2.24) is 0 Å². The molecule has 0 aliphatic carbocycles. The van der Waals surface area contributed by atoms with Crippen LogP contribution in [-0.4, -0.2) is 12.9 Å². The van der Waals surface area contributed by atoms with E-state index in [1.54, 1.807) is 30.3 Å². The average Bonchev–Trinajstić information content (AvgIpc) is 2.46. The van der Waals surface area contributed by atoms with Gasteiger partial charge >= 0.3 is 0 Å². The van der Waals surface area contributed by atoms with Crippen molar-refractivity contribution in [1.29, 1.82) is 0 Å². The Kier molecular flexibility index (Phi) is 4.53. The van der Waals surface area contributed by atoms with Gasteiger partial charge in [-0.25, -0.2) is 4.39 Å². The molecule has 0 aromatic heterocycles. The standard InChI is InChI=1S/C16H12ClFO2/c1-20-12-7-8-13(15(18)10-12)16(19)9-6-11-4-2-3-5-14(11)17/h2-10H,1H3/b9-6+. The number of hydrogen-bond donors (Lipinski definition) is 0. The Labute approximate surface area is 121 Å². The molecule has 20 heavy (non-hydrogen) atoms. The van der Waals surface area contributed by atoms with E-state index in [1.807, 2.05) is 6.07 Å². The van der Waals surface area contributed by atoms with Crippen molar-refractivity contribution in [2.75, 3.05) is 7.11 Å². The van der Waals surface area contributed by atoms with Crippen LogP contribution in [0.4, 0.5) is 4.39 Å². The third-order valence-corrected chi connectivity index (χ3v) is 3.11. The molecule has 2 aromatic carbocycles. The molecule has 0 saturated heterocycles. The van der Waals surface area contributed by atoms with Crippen LogP contribution in [0.15, 0.2) is 48.5 Å². The van der Waals surface area contributed by atoms with Gasteiger partial charge in [0.05, 0.1) is 12.7 Å². The molecule has 0 N–H and O–H groups in total. The van der Waals surface area contributed by atoms with Gasteiger partial charge in [-0.1, -0.05) is 29.8 Å². The number of hydrogen-bond acceptors (Lipinski definition) is 2. The van der Waals surface area contributed by atoms with E-state index in [2.05, 4.69) is 0 Å². The fourth-order valence-electron chi connectivity index (χ4n) is 1.69. The van der Waals surface area contributed by atoms with Crippen molar-refractivity contribution < 1.29 is 13.9 Å². The quantitative estimate of drug-likeness (QED) is 0.617. The second-order valence-corrected chi connectivity index (χ2v) is 4.47. The largest absolute Gasteiger partial charge is 0.497 e. The summed E-state index contributed by atoms with van der Waals surface area (Å²) >= 11 is 5.97. The Morgan fingerprint density at radius 3 is 2.65 bits per heavy atom. The summed E-state index contributed by atoms with van der Waals surface area (Å²) in [6, 6.07) is 11.2. The van der Waals surface area contributed by atoms with E-state index in [0.717, 1.165) is 0 Å². The third kappa shape index (κ3) is 3.25. The summed E-state index contributed by atoms with van der Waals surface area (Å²) in [4.78, 5) is 11.9. The summed E-state index contributed by atoms with van der Waals surface area (Å²) in [5.74, 6) is -0.669. The van der Waals surface area contributed by atoms with Crippen molar-refractivity contribution in [3.8, 4) is 5.75 Å².